The number of nitrogens with zero attached hydrogens (tertiary/aromatic N) is 2. The van der Waals surface area contributed by atoms with Crippen LogP contribution in [0.2, 0.25) is 0 Å². The molecule has 0 radical (unpaired) electrons. The first-order valence-electron chi connectivity index (χ1n) is 10.9. The van der Waals surface area contributed by atoms with Gasteiger partial charge in [0, 0.05) is 61.2 Å². The number of pyridine rings is 2. The van der Waals surface area contributed by atoms with E-state index in [0.29, 0.717) is 6.42 Å². The number of nitrogen functional groups attached to an aromatic ring is 2. The molecule has 0 atom stereocenters. The Labute approximate surface area is 246 Å². The number of rotatable bonds is 7. The van der Waals surface area contributed by atoms with Crippen molar-refractivity contribution in [2.24, 2.45) is 0 Å². The number of aromatic nitrogens is 2. The quantitative estimate of drug-likeness (QED) is 0.282. The zero-order chi connectivity index (χ0) is 24.3. The van der Waals surface area contributed by atoms with E-state index in [9.17, 15) is 4.79 Å². The number of nitrogens with two attached hydrogens (primary N) is 2. The number of Topliss-reactive ketones (excluding diaryl/α,β-unsaturated/α-hetero) is 1. The van der Waals surface area contributed by atoms with Crippen LogP contribution in [0.25, 0.3) is 0 Å². The molecule has 5 nitrogen and oxygen atoms in total. The number of ketones is 1. The van der Waals surface area contributed by atoms with Crippen LogP contribution in [0.1, 0.15) is 26.7 Å². The Morgan fingerprint density at radius 1 is 0.750 bits per heavy atom. The van der Waals surface area contributed by atoms with Gasteiger partial charge in [0.2, 0.25) is 0 Å². The van der Waals surface area contributed by atoms with Gasteiger partial charge in [0.05, 0.1) is 0 Å². The molecule has 0 amide bonds. The predicted octanol–water partition coefficient (Wildman–Crippen LogP) is 2.26. The van der Waals surface area contributed by atoms with Crippen molar-refractivity contribution in [1.82, 2.24) is 9.97 Å². The minimum atomic E-state index is 0. The maximum atomic E-state index is 11.1. The number of anilines is 2. The summed E-state index contributed by atoms with van der Waals surface area (Å²) in [7, 11) is 0. The molecule has 0 unspecified atom stereocenters. The summed E-state index contributed by atoms with van der Waals surface area (Å²) in [6, 6.07) is 23.6. The molecule has 0 bridgehead atoms. The van der Waals surface area contributed by atoms with Gasteiger partial charge in [-0.05, 0) is 86.1 Å². The average Bonchev–Trinajstić information content (AvgIpc) is 2.82. The van der Waals surface area contributed by atoms with Crippen LogP contribution in [0, 0.1) is 0 Å². The number of carbonyl (C=O) groups is 1. The predicted molar refractivity (Wildman–Crippen MR) is 153 cm³/mol. The summed E-state index contributed by atoms with van der Waals surface area (Å²) >= 11 is 3.36. The second-order valence-corrected chi connectivity index (χ2v) is 9.83. The summed E-state index contributed by atoms with van der Waals surface area (Å²) in [6.07, 6.45) is 4.95. The van der Waals surface area contributed by atoms with Crippen LogP contribution in [0.15, 0.2) is 105 Å². The standard InChI is InChI=1S/C14H14N2OS.C13H14N2S.Al.Li.4H/c1-10(17)8-12-9-14(6-7-16-12)18-13-4-2-11(15)3-5-13;1-2-11-9-13(7-8-15-11)16-12-5-3-10(14)4-6-12;;;;;;/h2-7,9H,8,15H2,1H3;3-9H,2,14H2,1H3;;;;;;/q;;;+1;;;;-1. The fourth-order valence-electron chi connectivity index (χ4n) is 2.93. The van der Waals surface area contributed by atoms with Crippen molar-refractivity contribution >= 4 is 58.0 Å². The smallest absolute Gasteiger partial charge is 1.00 e. The molecule has 0 aliphatic rings. The Balaban J connectivity index is 0.000000651. The van der Waals surface area contributed by atoms with E-state index in [-0.39, 0.29) is 43.4 Å². The number of aryl methyl sites for hydroxylation is 1. The Morgan fingerprint density at radius 2 is 1.17 bits per heavy atom. The normalized spacial score (nSPS) is 9.72. The van der Waals surface area contributed by atoms with Gasteiger partial charge in [0.1, 0.15) is 5.78 Å². The van der Waals surface area contributed by atoms with Gasteiger partial charge in [-0.25, -0.2) is 0 Å². The second kappa shape index (κ2) is 16.6. The van der Waals surface area contributed by atoms with E-state index >= 15 is 0 Å². The molecule has 2 aromatic carbocycles. The molecule has 4 rings (SSSR count). The molecule has 36 heavy (non-hydrogen) atoms. The maximum Gasteiger partial charge on any atom is 1.00 e. The van der Waals surface area contributed by atoms with Crippen LogP contribution in [0.3, 0.4) is 0 Å². The third-order valence-corrected chi connectivity index (χ3v) is 6.59. The summed E-state index contributed by atoms with van der Waals surface area (Å²) in [4.78, 5) is 24.1. The maximum absolute atomic E-state index is 11.1. The van der Waals surface area contributed by atoms with Crippen molar-refractivity contribution in [3.05, 3.63) is 96.6 Å². The van der Waals surface area contributed by atoms with E-state index in [0.717, 1.165) is 39.0 Å². The van der Waals surface area contributed by atoms with Gasteiger partial charge in [-0.2, -0.15) is 0 Å². The van der Waals surface area contributed by atoms with E-state index in [1.807, 2.05) is 72.9 Å². The first kappa shape index (κ1) is 31.9. The zero-order valence-electron chi connectivity index (χ0n) is 21.3. The molecule has 0 spiro atoms. The van der Waals surface area contributed by atoms with Crippen molar-refractivity contribution < 1.29 is 25.1 Å². The largest absolute Gasteiger partial charge is 1.00 e. The van der Waals surface area contributed by atoms with E-state index in [1.54, 1.807) is 36.6 Å². The van der Waals surface area contributed by atoms with Crippen molar-refractivity contribution in [2.75, 3.05) is 11.5 Å². The monoisotopic (exact) mass is 526 g/mol. The summed E-state index contributed by atoms with van der Waals surface area (Å²) in [5.74, 6) is 0.122. The first-order valence-corrected chi connectivity index (χ1v) is 12.5. The van der Waals surface area contributed by atoms with Gasteiger partial charge in [-0.3, -0.25) is 14.8 Å². The SMILES string of the molecule is CC(=O)Cc1cc(Sc2ccc(N)cc2)ccn1.CCc1cc(Sc2ccc(N)cc2)ccn1.[AlH3].[H-].[Li+]. The van der Waals surface area contributed by atoms with Crippen LogP contribution < -0.4 is 30.3 Å². The van der Waals surface area contributed by atoms with Crippen LogP contribution in [0.4, 0.5) is 11.4 Å². The molecule has 182 valence electrons. The summed E-state index contributed by atoms with van der Waals surface area (Å²) in [5.41, 5.74) is 14.8. The molecule has 0 aliphatic carbocycles. The number of hydrogen-bond donors (Lipinski definition) is 2. The van der Waals surface area contributed by atoms with E-state index in [1.165, 1.54) is 9.79 Å². The van der Waals surface area contributed by atoms with Crippen molar-refractivity contribution in [1.29, 1.82) is 0 Å². The number of benzene rings is 2. The number of carbonyl (C=O) groups excluding carboxylic acids is 1. The molecule has 4 aromatic rings. The molecule has 9 heteroatoms. The first-order chi connectivity index (χ1) is 16.4. The van der Waals surface area contributed by atoms with Gasteiger partial charge in [0.25, 0.3) is 0 Å². The third kappa shape index (κ3) is 11.3. The summed E-state index contributed by atoms with van der Waals surface area (Å²) in [5, 5.41) is 0. The minimum Gasteiger partial charge on any atom is -1.00 e. The second-order valence-electron chi connectivity index (χ2n) is 7.54. The molecule has 0 saturated carbocycles. The molecular formula is C27H32AlLiN4OS2. The van der Waals surface area contributed by atoms with Gasteiger partial charge in [-0.1, -0.05) is 30.4 Å². The van der Waals surface area contributed by atoms with Crippen molar-refractivity contribution in [3.8, 4) is 0 Å². The number of hydrogen-bond acceptors (Lipinski definition) is 7. The minimum absolute atomic E-state index is 0. The summed E-state index contributed by atoms with van der Waals surface area (Å²) in [6.45, 7) is 3.68. The van der Waals surface area contributed by atoms with Gasteiger partial charge < -0.3 is 12.9 Å². The topological polar surface area (TPSA) is 94.9 Å². The molecular weight excluding hydrogens is 494 g/mol. The van der Waals surface area contributed by atoms with Crippen LogP contribution in [-0.2, 0) is 17.6 Å². The fraction of sp³-hybridized carbons (Fsp3) is 0.148. The van der Waals surface area contributed by atoms with Gasteiger partial charge in [-0.15, -0.1) is 0 Å². The average molecular weight is 527 g/mol. The Morgan fingerprint density at radius 3 is 1.58 bits per heavy atom. The molecule has 0 saturated heterocycles. The van der Waals surface area contributed by atoms with Crippen LogP contribution in [0.5, 0.6) is 0 Å². The van der Waals surface area contributed by atoms with Crippen molar-refractivity contribution in [2.45, 2.75) is 46.3 Å². The molecule has 4 N–H and O–H groups in total. The van der Waals surface area contributed by atoms with E-state index in [2.05, 4.69) is 23.0 Å². The molecule has 0 fully saturated rings. The Kier molecular flexibility index (Phi) is 14.7. The van der Waals surface area contributed by atoms with E-state index < -0.39 is 0 Å². The van der Waals surface area contributed by atoms with Gasteiger partial charge >= 0.3 is 18.9 Å². The Bertz CT molecular complexity index is 1230. The Hall–Kier alpha value is -2.16. The molecule has 2 aromatic heterocycles. The molecule has 0 aliphatic heterocycles. The van der Waals surface area contributed by atoms with Crippen LogP contribution in [-0.4, -0.2) is 33.1 Å². The summed E-state index contributed by atoms with van der Waals surface area (Å²) < 4.78 is 0. The fourth-order valence-corrected chi connectivity index (χ4v) is 4.66. The third-order valence-electron chi connectivity index (χ3n) is 4.60. The van der Waals surface area contributed by atoms with Gasteiger partial charge in [0.15, 0.2) is 17.4 Å². The molecule has 2 heterocycles. The zero-order valence-corrected chi connectivity index (χ0v) is 21.9. The van der Waals surface area contributed by atoms with E-state index in [4.69, 9.17) is 11.5 Å². The van der Waals surface area contributed by atoms with Crippen LogP contribution >= 0.6 is 23.5 Å². The van der Waals surface area contributed by atoms with Crippen molar-refractivity contribution in [3.63, 3.8) is 0 Å².